The minimum atomic E-state index is 1.11. The van der Waals surface area contributed by atoms with Crippen molar-refractivity contribution < 1.29 is 0 Å². The molecule has 2 aliphatic heterocycles. The molecule has 1 aliphatic carbocycles. The number of thioether (sulfide) groups is 1. The van der Waals surface area contributed by atoms with Crippen LogP contribution >= 0.6 is 11.8 Å². The van der Waals surface area contributed by atoms with Crippen molar-refractivity contribution in [2.75, 3.05) is 0 Å². The van der Waals surface area contributed by atoms with Crippen molar-refractivity contribution in [1.82, 2.24) is 0 Å². The molecule has 3 aliphatic rings. The maximum absolute atomic E-state index is 2.32. The lowest BCUT2D eigenvalue weighted by molar-refractivity contribution is 0.330. The minimum absolute atomic E-state index is 1.11. The van der Waals surface area contributed by atoms with Gasteiger partial charge in [0.05, 0.1) is 0 Å². The lowest BCUT2D eigenvalue weighted by Gasteiger charge is -2.21. The normalized spacial score (nSPS) is 57.6. The Morgan fingerprint density at radius 2 is 1.40 bits per heavy atom. The molecule has 3 fully saturated rings. The van der Waals surface area contributed by atoms with Crippen LogP contribution in [0.25, 0.3) is 0 Å². The zero-order valence-corrected chi connectivity index (χ0v) is 7.07. The van der Waals surface area contributed by atoms with E-state index < -0.39 is 0 Å². The number of rotatable bonds is 0. The Labute approximate surface area is 66.8 Å². The van der Waals surface area contributed by atoms with Crippen LogP contribution in [0, 0.1) is 11.8 Å². The van der Waals surface area contributed by atoms with Crippen LogP contribution in [-0.4, -0.2) is 10.5 Å². The molecule has 0 aromatic rings. The molecule has 0 radical (unpaired) electrons. The van der Waals surface area contributed by atoms with Gasteiger partial charge in [-0.15, -0.1) is 0 Å². The van der Waals surface area contributed by atoms with Crippen molar-refractivity contribution in [1.29, 1.82) is 0 Å². The van der Waals surface area contributed by atoms with E-state index in [0.29, 0.717) is 0 Å². The SMILES string of the molecule is C1CC2C3CCC(S3)C2C1. The number of hydrogen-bond acceptors (Lipinski definition) is 1. The fraction of sp³-hybridized carbons (Fsp3) is 1.00. The van der Waals surface area contributed by atoms with Gasteiger partial charge in [0.2, 0.25) is 0 Å². The highest BCUT2D eigenvalue weighted by Crippen LogP contribution is 2.58. The Balaban J connectivity index is 1.92. The van der Waals surface area contributed by atoms with Gasteiger partial charge in [-0.05, 0) is 37.5 Å². The van der Waals surface area contributed by atoms with E-state index in [0.717, 1.165) is 10.5 Å². The summed E-state index contributed by atoms with van der Waals surface area (Å²) in [6, 6.07) is 0. The van der Waals surface area contributed by atoms with Gasteiger partial charge in [-0.3, -0.25) is 0 Å². The van der Waals surface area contributed by atoms with Gasteiger partial charge in [-0.2, -0.15) is 11.8 Å². The average molecular weight is 154 g/mol. The molecule has 2 heterocycles. The first-order valence-electron chi connectivity index (χ1n) is 4.60. The van der Waals surface area contributed by atoms with Crippen LogP contribution in [0.4, 0.5) is 0 Å². The van der Waals surface area contributed by atoms with Crippen LogP contribution in [0.15, 0.2) is 0 Å². The van der Waals surface area contributed by atoms with Crippen molar-refractivity contribution in [2.45, 2.75) is 42.6 Å². The van der Waals surface area contributed by atoms with Crippen LogP contribution in [0.5, 0.6) is 0 Å². The molecule has 0 amide bonds. The Kier molecular flexibility index (Phi) is 1.15. The molecular formula is C9H14S. The highest BCUT2D eigenvalue weighted by atomic mass is 32.2. The molecule has 4 unspecified atom stereocenters. The van der Waals surface area contributed by atoms with E-state index in [2.05, 4.69) is 11.8 Å². The smallest absolute Gasteiger partial charge is 0.00816 e. The molecule has 2 saturated heterocycles. The van der Waals surface area contributed by atoms with Crippen LogP contribution in [0.2, 0.25) is 0 Å². The zero-order chi connectivity index (χ0) is 6.55. The Morgan fingerprint density at radius 3 is 2.00 bits per heavy atom. The van der Waals surface area contributed by atoms with Crippen molar-refractivity contribution >= 4 is 11.8 Å². The number of hydrogen-bond donors (Lipinski definition) is 0. The molecule has 0 N–H and O–H groups in total. The second-order valence-corrected chi connectivity index (χ2v) is 5.53. The molecule has 2 bridgehead atoms. The van der Waals surface area contributed by atoms with E-state index in [1.165, 1.54) is 11.8 Å². The van der Waals surface area contributed by atoms with Gasteiger partial charge in [0.25, 0.3) is 0 Å². The van der Waals surface area contributed by atoms with Gasteiger partial charge in [0.1, 0.15) is 0 Å². The topological polar surface area (TPSA) is 0 Å². The molecule has 0 nitrogen and oxygen atoms in total. The van der Waals surface area contributed by atoms with E-state index in [4.69, 9.17) is 0 Å². The summed E-state index contributed by atoms with van der Waals surface area (Å²) in [6.07, 6.45) is 7.79. The fourth-order valence-electron chi connectivity index (χ4n) is 3.26. The standard InChI is InChI=1S/C9H14S/c1-2-6-7(3-1)9-5-4-8(6)10-9/h6-9H,1-5H2. The summed E-state index contributed by atoms with van der Waals surface area (Å²) in [4.78, 5) is 0. The monoisotopic (exact) mass is 154 g/mol. The van der Waals surface area contributed by atoms with Gasteiger partial charge < -0.3 is 0 Å². The van der Waals surface area contributed by atoms with Crippen molar-refractivity contribution in [3.8, 4) is 0 Å². The van der Waals surface area contributed by atoms with Crippen molar-refractivity contribution in [3.05, 3.63) is 0 Å². The first kappa shape index (κ1) is 5.93. The summed E-state index contributed by atoms with van der Waals surface area (Å²) in [7, 11) is 0. The van der Waals surface area contributed by atoms with E-state index in [1.807, 2.05) is 0 Å². The molecule has 0 aromatic carbocycles. The molecule has 1 saturated carbocycles. The van der Waals surface area contributed by atoms with E-state index in [1.54, 1.807) is 32.1 Å². The first-order valence-corrected chi connectivity index (χ1v) is 5.55. The van der Waals surface area contributed by atoms with Gasteiger partial charge in [-0.1, -0.05) is 6.42 Å². The van der Waals surface area contributed by atoms with E-state index in [9.17, 15) is 0 Å². The summed E-state index contributed by atoms with van der Waals surface area (Å²) in [6.45, 7) is 0. The summed E-state index contributed by atoms with van der Waals surface area (Å²) in [5, 5.41) is 2.22. The van der Waals surface area contributed by atoms with Crippen molar-refractivity contribution in [2.24, 2.45) is 11.8 Å². The third kappa shape index (κ3) is 0.603. The molecule has 3 rings (SSSR count). The van der Waals surface area contributed by atoms with Crippen LogP contribution in [-0.2, 0) is 0 Å². The summed E-state index contributed by atoms with van der Waals surface area (Å²) < 4.78 is 0. The largest absolute Gasteiger partial charge is 0.155 e. The zero-order valence-electron chi connectivity index (χ0n) is 6.25. The summed E-state index contributed by atoms with van der Waals surface area (Å²) in [5.41, 5.74) is 0. The predicted molar refractivity (Wildman–Crippen MR) is 45.2 cm³/mol. The van der Waals surface area contributed by atoms with Gasteiger partial charge in [0.15, 0.2) is 0 Å². The quantitative estimate of drug-likeness (QED) is 0.517. The second-order valence-electron chi connectivity index (χ2n) is 4.05. The molecule has 4 atom stereocenters. The summed E-state index contributed by atoms with van der Waals surface area (Å²) in [5.74, 6) is 2.34. The van der Waals surface area contributed by atoms with Crippen molar-refractivity contribution in [3.63, 3.8) is 0 Å². The van der Waals surface area contributed by atoms with Crippen LogP contribution in [0.3, 0.4) is 0 Å². The van der Waals surface area contributed by atoms with Gasteiger partial charge >= 0.3 is 0 Å². The third-order valence-corrected chi connectivity index (χ3v) is 5.53. The maximum atomic E-state index is 2.32. The van der Waals surface area contributed by atoms with E-state index in [-0.39, 0.29) is 0 Å². The Bertz CT molecular complexity index is 139. The molecular weight excluding hydrogens is 140 g/mol. The highest BCUT2D eigenvalue weighted by Gasteiger charge is 2.49. The predicted octanol–water partition coefficient (Wildman–Crippen LogP) is 2.68. The van der Waals surface area contributed by atoms with Gasteiger partial charge in [-0.25, -0.2) is 0 Å². The molecule has 0 spiro atoms. The number of fused-ring (bicyclic) bond motifs is 5. The Morgan fingerprint density at radius 1 is 0.800 bits per heavy atom. The lowest BCUT2D eigenvalue weighted by atomic mass is 9.82. The first-order chi connectivity index (χ1) is 4.95. The van der Waals surface area contributed by atoms with E-state index >= 15 is 0 Å². The molecule has 0 aromatic heterocycles. The van der Waals surface area contributed by atoms with Crippen LogP contribution < -0.4 is 0 Å². The summed E-state index contributed by atoms with van der Waals surface area (Å²) >= 11 is 2.32. The average Bonchev–Trinajstić information content (AvgIpc) is 2.60. The Hall–Kier alpha value is 0.350. The maximum Gasteiger partial charge on any atom is 0.00816 e. The lowest BCUT2D eigenvalue weighted by Crippen LogP contribution is -2.21. The molecule has 10 heavy (non-hydrogen) atoms. The highest BCUT2D eigenvalue weighted by molar-refractivity contribution is 8.01. The molecule has 56 valence electrons. The van der Waals surface area contributed by atoms with Crippen LogP contribution in [0.1, 0.15) is 32.1 Å². The minimum Gasteiger partial charge on any atom is -0.155 e. The fourth-order valence-corrected chi connectivity index (χ4v) is 5.33. The third-order valence-electron chi connectivity index (χ3n) is 3.67. The molecule has 1 heteroatoms. The van der Waals surface area contributed by atoms with Gasteiger partial charge in [0, 0.05) is 10.5 Å². The second kappa shape index (κ2) is 1.94.